The van der Waals surface area contributed by atoms with E-state index in [0.717, 1.165) is 12.5 Å². The molecule has 1 aromatic carbocycles. The third kappa shape index (κ3) is 3.16. The average molecular weight is 335 g/mol. The van der Waals surface area contributed by atoms with Gasteiger partial charge in [0.15, 0.2) is 0 Å². The number of aryl methyl sites for hydroxylation is 1. The fourth-order valence-corrected chi connectivity index (χ4v) is 5.00. The van der Waals surface area contributed by atoms with Crippen molar-refractivity contribution in [2.75, 3.05) is 19.6 Å². The van der Waals surface area contributed by atoms with Crippen LogP contribution in [0.5, 0.6) is 0 Å². The Morgan fingerprint density at radius 3 is 3.00 bits per heavy atom. The highest BCUT2D eigenvalue weighted by Crippen LogP contribution is 2.32. The molecule has 3 aliphatic heterocycles. The Kier molecular flexibility index (Phi) is 4.15. The number of aromatic amines is 1. The number of nitrogens with zero attached hydrogens (tertiary/aromatic N) is 1. The molecule has 3 aliphatic rings. The van der Waals surface area contributed by atoms with E-state index in [-0.39, 0.29) is 0 Å². The summed E-state index contributed by atoms with van der Waals surface area (Å²) in [6, 6.07) is 10.8. The van der Waals surface area contributed by atoms with Gasteiger partial charge in [-0.25, -0.2) is 0 Å². The van der Waals surface area contributed by atoms with Gasteiger partial charge in [-0.15, -0.1) is 0 Å². The molecule has 0 bridgehead atoms. The van der Waals surface area contributed by atoms with Gasteiger partial charge in [0, 0.05) is 35.2 Å². The largest absolute Gasteiger partial charge is 0.358 e. The zero-order valence-electron chi connectivity index (χ0n) is 15.1. The minimum Gasteiger partial charge on any atom is -0.358 e. The van der Waals surface area contributed by atoms with E-state index in [2.05, 4.69) is 45.5 Å². The number of benzene rings is 1. The third-order valence-corrected chi connectivity index (χ3v) is 6.45. The molecule has 0 aliphatic carbocycles. The summed E-state index contributed by atoms with van der Waals surface area (Å²) >= 11 is 0. The smallest absolute Gasteiger partial charge is 0.0456 e. The predicted molar refractivity (Wildman–Crippen MR) is 105 cm³/mol. The molecule has 0 unspecified atom stereocenters. The molecular formula is C22H29N3. The summed E-state index contributed by atoms with van der Waals surface area (Å²) in [5.74, 6) is 0. The summed E-state index contributed by atoms with van der Waals surface area (Å²) in [6.45, 7) is 3.74. The number of fused-ring (bicyclic) bond motifs is 2. The van der Waals surface area contributed by atoms with Crippen molar-refractivity contribution in [1.29, 1.82) is 0 Å². The van der Waals surface area contributed by atoms with Crippen LogP contribution in [0.25, 0.3) is 16.5 Å². The number of hydrogen-bond donors (Lipinski definition) is 2. The van der Waals surface area contributed by atoms with Gasteiger partial charge in [0.2, 0.25) is 0 Å². The van der Waals surface area contributed by atoms with E-state index in [0.29, 0.717) is 6.04 Å². The maximum absolute atomic E-state index is 3.63. The molecule has 4 heterocycles. The molecule has 132 valence electrons. The molecule has 5 rings (SSSR count). The Morgan fingerprint density at radius 2 is 2.08 bits per heavy atom. The molecule has 0 radical (unpaired) electrons. The Labute approximate surface area is 150 Å². The summed E-state index contributed by atoms with van der Waals surface area (Å²) < 4.78 is 0. The van der Waals surface area contributed by atoms with E-state index in [9.17, 15) is 0 Å². The fraction of sp³-hybridized carbons (Fsp3) is 0.545. The zero-order chi connectivity index (χ0) is 16.6. The molecule has 2 saturated heterocycles. The van der Waals surface area contributed by atoms with Crippen molar-refractivity contribution in [3.8, 4) is 0 Å². The summed E-state index contributed by atoms with van der Waals surface area (Å²) in [6.07, 6.45) is 11.5. The van der Waals surface area contributed by atoms with Gasteiger partial charge in [0.25, 0.3) is 0 Å². The van der Waals surface area contributed by atoms with Crippen molar-refractivity contribution < 1.29 is 0 Å². The molecule has 0 spiro atoms. The van der Waals surface area contributed by atoms with E-state index in [1.54, 1.807) is 5.57 Å². The fourth-order valence-electron chi connectivity index (χ4n) is 5.00. The Morgan fingerprint density at radius 1 is 1.08 bits per heavy atom. The van der Waals surface area contributed by atoms with Gasteiger partial charge < -0.3 is 10.3 Å². The normalized spacial score (nSPS) is 27.0. The summed E-state index contributed by atoms with van der Waals surface area (Å²) in [4.78, 5) is 6.28. The van der Waals surface area contributed by atoms with E-state index >= 15 is 0 Å². The lowest BCUT2D eigenvalue weighted by Gasteiger charge is -2.28. The quantitative estimate of drug-likeness (QED) is 0.881. The minimum absolute atomic E-state index is 0.695. The van der Waals surface area contributed by atoms with Gasteiger partial charge in [-0.2, -0.15) is 0 Å². The molecule has 3 heteroatoms. The number of rotatable bonds is 4. The van der Waals surface area contributed by atoms with Crippen molar-refractivity contribution in [2.24, 2.45) is 0 Å². The van der Waals surface area contributed by atoms with Crippen LogP contribution in [-0.4, -0.2) is 41.6 Å². The van der Waals surface area contributed by atoms with Crippen LogP contribution in [0.1, 0.15) is 49.8 Å². The van der Waals surface area contributed by atoms with Crippen LogP contribution in [-0.2, 0) is 6.42 Å². The number of hydrogen-bond acceptors (Lipinski definition) is 2. The van der Waals surface area contributed by atoms with E-state index in [4.69, 9.17) is 0 Å². The SMILES string of the molecule is C1=C(c2ccc3[nH]c(CC[C@@H]4CCCN4)cc3c2)CCN2CCC[C@H]12. The average Bonchev–Trinajstić information content (AvgIpc) is 3.37. The lowest BCUT2D eigenvalue weighted by atomic mass is 9.95. The molecule has 3 nitrogen and oxygen atoms in total. The van der Waals surface area contributed by atoms with Crippen molar-refractivity contribution >= 4 is 16.5 Å². The van der Waals surface area contributed by atoms with Crippen LogP contribution >= 0.6 is 0 Å². The third-order valence-electron chi connectivity index (χ3n) is 6.45. The van der Waals surface area contributed by atoms with Gasteiger partial charge in [0.05, 0.1) is 0 Å². The number of aromatic nitrogens is 1. The van der Waals surface area contributed by atoms with Gasteiger partial charge in [-0.05, 0) is 87.4 Å². The van der Waals surface area contributed by atoms with Crippen LogP contribution in [0.3, 0.4) is 0 Å². The first-order chi connectivity index (χ1) is 12.3. The highest BCUT2D eigenvalue weighted by molar-refractivity contribution is 5.85. The van der Waals surface area contributed by atoms with Crippen molar-refractivity contribution in [3.05, 3.63) is 41.6 Å². The predicted octanol–water partition coefficient (Wildman–Crippen LogP) is 4.10. The second kappa shape index (κ2) is 6.62. The highest BCUT2D eigenvalue weighted by Gasteiger charge is 2.26. The van der Waals surface area contributed by atoms with Crippen LogP contribution in [0.2, 0.25) is 0 Å². The van der Waals surface area contributed by atoms with Crippen molar-refractivity contribution in [3.63, 3.8) is 0 Å². The van der Waals surface area contributed by atoms with Gasteiger partial charge >= 0.3 is 0 Å². The first-order valence-corrected chi connectivity index (χ1v) is 10.2. The lowest BCUT2D eigenvalue weighted by Crippen LogP contribution is -2.32. The summed E-state index contributed by atoms with van der Waals surface area (Å²) in [5, 5.41) is 4.98. The van der Waals surface area contributed by atoms with Crippen LogP contribution in [0, 0.1) is 0 Å². The van der Waals surface area contributed by atoms with Crippen molar-refractivity contribution in [1.82, 2.24) is 15.2 Å². The Bertz CT molecular complexity index is 782. The van der Waals surface area contributed by atoms with Crippen LogP contribution in [0.15, 0.2) is 30.3 Å². The molecular weight excluding hydrogens is 306 g/mol. The van der Waals surface area contributed by atoms with Gasteiger partial charge in [-0.1, -0.05) is 12.1 Å². The standard InChI is InChI=1S/C22H29N3/c1-3-19(23-10-1)6-7-20-14-18-13-16(5-8-22(18)24-20)17-9-12-25-11-2-4-21(25)15-17/h5,8,13-15,19,21,23-24H,1-4,6-7,9-12H2/t19-,21+/m0/s1. The number of H-pyrrole nitrogens is 1. The highest BCUT2D eigenvalue weighted by atomic mass is 15.2. The second-order valence-electron chi connectivity index (χ2n) is 8.12. The zero-order valence-corrected chi connectivity index (χ0v) is 15.1. The first kappa shape index (κ1) is 15.7. The summed E-state index contributed by atoms with van der Waals surface area (Å²) in [7, 11) is 0. The molecule has 0 saturated carbocycles. The lowest BCUT2D eigenvalue weighted by molar-refractivity contribution is 0.288. The van der Waals surface area contributed by atoms with Crippen molar-refractivity contribution in [2.45, 2.75) is 57.0 Å². The molecule has 2 fully saturated rings. The van der Waals surface area contributed by atoms with Crippen LogP contribution < -0.4 is 5.32 Å². The Balaban J connectivity index is 1.34. The van der Waals surface area contributed by atoms with Gasteiger partial charge in [-0.3, -0.25) is 4.90 Å². The second-order valence-corrected chi connectivity index (χ2v) is 8.12. The van der Waals surface area contributed by atoms with E-state index < -0.39 is 0 Å². The van der Waals surface area contributed by atoms with E-state index in [1.165, 1.54) is 80.3 Å². The topological polar surface area (TPSA) is 31.1 Å². The maximum atomic E-state index is 3.63. The van der Waals surface area contributed by atoms with Crippen LogP contribution in [0.4, 0.5) is 0 Å². The molecule has 2 atom stereocenters. The first-order valence-electron chi connectivity index (χ1n) is 10.2. The monoisotopic (exact) mass is 335 g/mol. The Hall–Kier alpha value is -1.58. The number of nitrogens with one attached hydrogen (secondary N) is 2. The molecule has 25 heavy (non-hydrogen) atoms. The molecule has 1 aromatic heterocycles. The molecule has 2 aromatic rings. The van der Waals surface area contributed by atoms with Gasteiger partial charge in [0.1, 0.15) is 0 Å². The van der Waals surface area contributed by atoms with E-state index in [1.807, 2.05) is 0 Å². The maximum Gasteiger partial charge on any atom is 0.0456 e. The molecule has 2 N–H and O–H groups in total. The minimum atomic E-state index is 0.695. The summed E-state index contributed by atoms with van der Waals surface area (Å²) in [5.41, 5.74) is 5.67. The molecule has 0 amide bonds.